The SMILES string of the molecule is CC(=O)Nc1ccc(CN2CCC3(CCNC3)C2)cc1. The minimum Gasteiger partial charge on any atom is -0.326 e. The summed E-state index contributed by atoms with van der Waals surface area (Å²) in [6.07, 6.45) is 2.65. The molecule has 2 aliphatic heterocycles. The van der Waals surface area contributed by atoms with Crippen LogP contribution in [0.2, 0.25) is 0 Å². The number of hydrogen-bond acceptors (Lipinski definition) is 3. The number of anilines is 1. The summed E-state index contributed by atoms with van der Waals surface area (Å²) in [5.74, 6) is -0.0204. The monoisotopic (exact) mass is 273 g/mol. The average molecular weight is 273 g/mol. The van der Waals surface area contributed by atoms with Crippen molar-refractivity contribution in [2.45, 2.75) is 26.3 Å². The summed E-state index contributed by atoms with van der Waals surface area (Å²) in [5.41, 5.74) is 2.73. The number of nitrogens with one attached hydrogen (secondary N) is 2. The molecule has 4 nitrogen and oxygen atoms in total. The fraction of sp³-hybridized carbons (Fsp3) is 0.562. The van der Waals surface area contributed by atoms with Gasteiger partial charge in [0.25, 0.3) is 0 Å². The van der Waals surface area contributed by atoms with Crippen LogP contribution in [0.4, 0.5) is 5.69 Å². The number of carbonyl (C=O) groups is 1. The molecule has 1 amide bonds. The predicted octanol–water partition coefficient (Wildman–Crippen LogP) is 1.83. The van der Waals surface area contributed by atoms with Gasteiger partial charge in [-0.3, -0.25) is 9.69 Å². The van der Waals surface area contributed by atoms with Gasteiger partial charge in [-0.05, 0) is 49.0 Å². The molecule has 3 rings (SSSR count). The van der Waals surface area contributed by atoms with Crippen molar-refractivity contribution in [1.29, 1.82) is 0 Å². The highest BCUT2D eigenvalue weighted by molar-refractivity contribution is 5.88. The molecule has 108 valence electrons. The highest BCUT2D eigenvalue weighted by Crippen LogP contribution is 2.36. The van der Waals surface area contributed by atoms with Crippen LogP contribution in [0.25, 0.3) is 0 Å². The minimum atomic E-state index is -0.0204. The van der Waals surface area contributed by atoms with Crippen molar-refractivity contribution in [3.8, 4) is 0 Å². The van der Waals surface area contributed by atoms with E-state index in [1.54, 1.807) is 0 Å². The summed E-state index contributed by atoms with van der Waals surface area (Å²) in [6, 6.07) is 8.20. The largest absolute Gasteiger partial charge is 0.326 e. The lowest BCUT2D eigenvalue weighted by Gasteiger charge is -2.22. The van der Waals surface area contributed by atoms with Crippen LogP contribution in [0, 0.1) is 5.41 Å². The quantitative estimate of drug-likeness (QED) is 0.883. The summed E-state index contributed by atoms with van der Waals surface area (Å²) >= 11 is 0. The van der Waals surface area contributed by atoms with Crippen LogP contribution >= 0.6 is 0 Å². The van der Waals surface area contributed by atoms with Gasteiger partial charge < -0.3 is 10.6 Å². The first-order valence-electron chi connectivity index (χ1n) is 7.45. The Morgan fingerprint density at radius 3 is 2.80 bits per heavy atom. The molecule has 0 saturated carbocycles. The fourth-order valence-corrected chi connectivity index (χ4v) is 3.46. The lowest BCUT2D eigenvalue weighted by Crippen LogP contribution is -2.28. The van der Waals surface area contributed by atoms with E-state index in [-0.39, 0.29) is 5.91 Å². The van der Waals surface area contributed by atoms with Gasteiger partial charge in [-0.15, -0.1) is 0 Å². The Kier molecular flexibility index (Phi) is 3.76. The van der Waals surface area contributed by atoms with Crippen LogP contribution < -0.4 is 10.6 Å². The summed E-state index contributed by atoms with van der Waals surface area (Å²) < 4.78 is 0. The first kappa shape index (κ1) is 13.6. The lowest BCUT2D eigenvalue weighted by molar-refractivity contribution is -0.114. The number of amides is 1. The van der Waals surface area contributed by atoms with Crippen LogP contribution in [0.5, 0.6) is 0 Å². The van der Waals surface area contributed by atoms with Crippen molar-refractivity contribution in [3.05, 3.63) is 29.8 Å². The highest BCUT2D eigenvalue weighted by Gasteiger charge is 2.39. The Hall–Kier alpha value is -1.39. The Bertz CT molecular complexity index is 477. The van der Waals surface area contributed by atoms with Gasteiger partial charge in [0.1, 0.15) is 0 Å². The van der Waals surface area contributed by atoms with Crippen LogP contribution in [-0.4, -0.2) is 37.0 Å². The van der Waals surface area contributed by atoms with Crippen molar-refractivity contribution in [3.63, 3.8) is 0 Å². The van der Waals surface area contributed by atoms with E-state index in [0.29, 0.717) is 5.41 Å². The molecule has 1 atom stereocenters. The summed E-state index contributed by atoms with van der Waals surface area (Å²) in [4.78, 5) is 13.6. The molecule has 1 unspecified atom stereocenters. The second kappa shape index (κ2) is 5.54. The molecule has 1 aromatic rings. The average Bonchev–Trinajstić information content (AvgIpc) is 3.02. The smallest absolute Gasteiger partial charge is 0.221 e. The van der Waals surface area contributed by atoms with Crippen LogP contribution in [0.15, 0.2) is 24.3 Å². The molecule has 0 bridgehead atoms. The van der Waals surface area contributed by atoms with Crippen LogP contribution in [-0.2, 0) is 11.3 Å². The lowest BCUT2D eigenvalue weighted by atomic mass is 9.86. The molecular formula is C16H23N3O. The van der Waals surface area contributed by atoms with Gasteiger partial charge in [0.05, 0.1) is 0 Å². The van der Waals surface area contributed by atoms with Gasteiger partial charge in [-0.1, -0.05) is 12.1 Å². The molecule has 0 aliphatic carbocycles. The molecule has 20 heavy (non-hydrogen) atoms. The van der Waals surface area contributed by atoms with Gasteiger partial charge >= 0.3 is 0 Å². The summed E-state index contributed by atoms with van der Waals surface area (Å²) in [7, 11) is 0. The first-order chi connectivity index (χ1) is 9.65. The van der Waals surface area contributed by atoms with Crippen LogP contribution in [0.3, 0.4) is 0 Å². The topological polar surface area (TPSA) is 44.4 Å². The van der Waals surface area contributed by atoms with E-state index in [0.717, 1.165) is 12.2 Å². The molecule has 2 saturated heterocycles. The Morgan fingerprint density at radius 1 is 1.35 bits per heavy atom. The molecule has 2 N–H and O–H groups in total. The maximum Gasteiger partial charge on any atom is 0.221 e. The molecular weight excluding hydrogens is 250 g/mol. The summed E-state index contributed by atoms with van der Waals surface area (Å²) in [6.45, 7) is 7.34. The molecule has 0 radical (unpaired) electrons. The summed E-state index contributed by atoms with van der Waals surface area (Å²) in [5, 5.41) is 6.30. The number of carbonyl (C=O) groups excluding carboxylic acids is 1. The number of hydrogen-bond donors (Lipinski definition) is 2. The zero-order valence-electron chi connectivity index (χ0n) is 12.1. The third-order valence-corrected chi connectivity index (χ3v) is 4.53. The number of nitrogens with zero attached hydrogens (tertiary/aromatic N) is 1. The Morgan fingerprint density at radius 2 is 2.15 bits per heavy atom. The second-order valence-corrected chi connectivity index (χ2v) is 6.27. The zero-order chi connectivity index (χ0) is 14.0. The highest BCUT2D eigenvalue weighted by atomic mass is 16.1. The van der Waals surface area contributed by atoms with E-state index in [4.69, 9.17) is 0 Å². The third kappa shape index (κ3) is 3.02. The van der Waals surface area contributed by atoms with Crippen molar-refractivity contribution in [2.24, 2.45) is 5.41 Å². The zero-order valence-corrected chi connectivity index (χ0v) is 12.1. The molecule has 1 aromatic carbocycles. The second-order valence-electron chi connectivity index (χ2n) is 6.27. The van der Waals surface area contributed by atoms with E-state index in [1.165, 1.54) is 51.5 Å². The molecule has 1 spiro atoms. The number of benzene rings is 1. The minimum absolute atomic E-state index is 0.0204. The van der Waals surface area contributed by atoms with Crippen molar-refractivity contribution in [2.75, 3.05) is 31.5 Å². The van der Waals surface area contributed by atoms with Gasteiger partial charge in [0.15, 0.2) is 0 Å². The van der Waals surface area contributed by atoms with Crippen molar-refractivity contribution >= 4 is 11.6 Å². The van der Waals surface area contributed by atoms with Gasteiger partial charge in [0, 0.05) is 32.2 Å². The molecule has 2 heterocycles. The predicted molar refractivity (Wildman–Crippen MR) is 80.6 cm³/mol. The van der Waals surface area contributed by atoms with Gasteiger partial charge in [-0.25, -0.2) is 0 Å². The maximum absolute atomic E-state index is 11.0. The standard InChI is InChI=1S/C16H23N3O/c1-13(20)18-15-4-2-14(3-5-15)10-19-9-7-16(12-19)6-8-17-11-16/h2-5,17H,6-12H2,1H3,(H,18,20). The molecule has 2 aliphatic rings. The van der Waals surface area contributed by atoms with Crippen molar-refractivity contribution in [1.82, 2.24) is 10.2 Å². The first-order valence-corrected chi connectivity index (χ1v) is 7.45. The Balaban J connectivity index is 1.57. The van der Waals surface area contributed by atoms with E-state index in [2.05, 4.69) is 27.7 Å². The van der Waals surface area contributed by atoms with Crippen LogP contribution in [0.1, 0.15) is 25.3 Å². The molecule has 0 aromatic heterocycles. The maximum atomic E-state index is 11.0. The third-order valence-electron chi connectivity index (χ3n) is 4.53. The van der Waals surface area contributed by atoms with Crippen molar-refractivity contribution < 1.29 is 4.79 Å². The fourth-order valence-electron chi connectivity index (χ4n) is 3.46. The van der Waals surface area contributed by atoms with Gasteiger partial charge in [0.2, 0.25) is 5.91 Å². The van der Waals surface area contributed by atoms with E-state index in [1.807, 2.05) is 12.1 Å². The number of rotatable bonds is 3. The normalized spacial score (nSPS) is 26.2. The Labute approximate surface area is 120 Å². The molecule has 2 fully saturated rings. The molecule has 4 heteroatoms. The number of likely N-dealkylation sites (tertiary alicyclic amines) is 1. The van der Waals surface area contributed by atoms with E-state index in [9.17, 15) is 4.79 Å². The van der Waals surface area contributed by atoms with E-state index < -0.39 is 0 Å². The van der Waals surface area contributed by atoms with E-state index >= 15 is 0 Å². The van der Waals surface area contributed by atoms with Gasteiger partial charge in [-0.2, -0.15) is 0 Å².